The van der Waals surface area contributed by atoms with Crippen LogP contribution in [0.4, 0.5) is 0 Å². The fraction of sp³-hybridized carbons (Fsp3) is 0.588. The minimum Gasteiger partial charge on any atom is -0.493 e. The minimum absolute atomic E-state index is 0.243. The third-order valence-corrected chi connectivity index (χ3v) is 3.95. The summed E-state index contributed by atoms with van der Waals surface area (Å²) in [6, 6.07) is 6.38. The predicted molar refractivity (Wildman–Crippen MR) is 77.7 cm³/mol. The third kappa shape index (κ3) is 3.59. The van der Waals surface area contributed by atoms with Crippen LogP contribution in [0.5, 0.6) is 5.75 Å². The number of hydrogen-bond donors (Lipinski definition) is 0. The first-order chi connectivity index (χ1) is 9.08. The first-order valence-electron chi connectivity index (χ1n) is 7.34. The highest BCUT2D eigenvalue weighted by atomic mass is 16.5. The number of carbonyl (C=O) groups is 1. The normalized spacial score (nSPS) is 19.2. The summed E-state index contributed by atoms with van der Waals surface area (Å²) < 4.78 is 5.94. The Morgan fingerprint density at radius 3 is 2.79 bits per heavy atom. The summed E-state index contributed by atoms with van der Waals surface area (Å²) in [6.45, 7) is 7.09. The van der Waals surface area contributed by atoms with E-state index in [9.17, 15) is 4.79 Å². The lowest BCUT2D eigenvalue weighted by Crippen LogP contribution is -2.11. The van der Waals surface area contributed by atoms with E-state index in [-0.39, 0.29) is 5.92 Å². The summed E-state index contributed by atoms with van der Waals surface area (Å²) in [5, 5.41) is 0. The van der Waals surface area contributed by atoms with Crippen molar-refractivity contribution in [1.29, 1.82) is 0 Å². The molecule has 2 rings (SSSR count). The van der Waals surface area contributed by atoms with Crippen LogP contribution < -0.4 is 4.74 Å². The third-order valence-electron chi connectivity index (χ3n) is 3.95. The molecule has 1 atom stereocenters. The monoisotopic (exact) mass is 260 g/mol. The van der Waals surface area contributed by atoms with Crippen molar-refractivity contribution in [2.24, 2.45) is 5.92 Å². The fourth-order valence-electron chi connectivity index (χ4n) is 2.75. The van der Waals surface area contributed by atoms with Gasteiger partial charge in [-0.25, -0.2) is 0 Å². The van der Waals surface area contributed by atoms with Gasteiger partial charge in [-0.2, -0.15) is 0 Å². The van der Waals surface area contributed by atoms with Crippen molar-refractivity contribution in [3.05, 3.63) is 29.3 Å². The molecule has 0 aliphatic heterocycles. The number of rotatable bonds is 5. The summed E-state index contributed by atoms with van der Waals surface area (Å²) in [4.78, 5) is 11.6. The van der Waals surface area contributed by atoms with Gasteiger partial charge < -0.3 is 4.74 Å². The summed E-state index contributed by atoms with van der Waals surface area (Å²) in [6.07, 6.45) is 3.74. The van der Waals surface area contributed by atoms with E-state index in [1.165, 1.54) is 11.1 Å². The van der Waals surface area contributed by atoms with Gasteiger partial charge in [0.05, 0.1) is 6.61 Å². The fourth-order valence-corrected chi connectivity index (χ4v) is 2.75. The van der Waals surface area contributed by atoms with E-state index < -0.39 is 0 Å². The van der Waals surface area contributed by atoms with Gasteiger partial charge >= 0.3 is 0 Å². The average Bonchev–Trinajstić information content (AvgIpc) is 2.75. The second-order valence-electron chi connectivity index (χ2n) is 5.89. The maximum atomic E-state index is 11.6. The number of Topliss-reactive ketones (excluding diaryl/α,β-unsaturated/α-hetero) is 1. The SMILES string of the molecule is Cc1ccc(C(C)C)c(OCCC2CCCC2=O)c1. The Labute approximate surface area is 116 Å². The molecule has 1 aliphatic rings. The van der Waals surface area contributed by atoms with Crippen LogP contribution in [0.2, 0.25) is 0 Å². The Morgan fingerprint density at radius 1 is 1.37 bits per heavy atom. The molecule has 0 N–H and O–H groups in total. The molecule has 0 aromatic heterocycles. The van der Waals surface area contributed by atoms with Gasteiger partial charge in [-0.1, -0.05) is 26.0 Å². The molecule has 1 aromatic carbocycles. The van der Waals surface area contributed by atoms with Crippen molar-refractivity contribution >= 4 is 5.78 Å². The summed E-state index contributed by atoms with van der Waals surface area (Å²) in [7, 11) is 0. The maximum absolute atomic E-state index is 11.6. The Kier molecular flexibility index (Phi) is 4.62. The zero-order valence-corrected chi connectivity index (χ0v) is 12.2. The Bertz CT molecular complexity index is 449. The Morgan fingerprint density at radius 2 is 2.16 bits per heavy atom. The van der Waals surface area contributed by atoms with Crippen LogP contribution in [-0.4, -0.2) is 12.4 Å². The van der Waals surface area contributed by atoms with Crippen molar-refractivity contribution < 1.29 is 9.53 Å². The van der Waals surface area contributed by atoms with Crippen LogP contribution in [0.25, 0.3) is 0 Å². The van der Waals surface area contributed by atoms with Gasteiger partial charge in [-0.05, 0) is 49.3 Å². The molecule has 0 saturated heterocycles. The lowest BCUT2D eigenvalue weighted by Gasteiger charge is -2.16. The number of carbonyl (C=O) groups excluding carboxylic acids is 1. The molecule has 1 unspecified atom stereocenters. The van der Waals surface area contributed by atoms with E-state index >= 15 is 0 Å². The zero-order chi connectivity index (χ0) is 13.8. The van der Waals surface area contributed by atoms with Gasteiger partial charge in [0.1, 0.15) is 11.5 Å². The van der Waals surface area contributed by atoms with Gasteiger partial charge in [-0.3, -0.25) is 4.79 Å². The second kappa shape index (κ2) is 6.23. The van der Waals surface area contributed by atoms with Crippen molar-refractivity contribution in [2.45, 2.75) is 52.4 Å². The molecule has 1 saturated carbocycles. The molecule has 0 heterocycles. The summed E-state index contributed by atoms with van der Waals surface area (Å²) >= 11 is 0. The topological polar surface area (TPSA) is 26.3 Å². The van der Waals surface area contributed by atoms with Crippen LogP contribution in [0.3, 0.4) is 0 Å². The maximum Gasteiger partial charge on any atom is 0.136 e. The van der Waals surface area contributed by atoms with E-state index in [1.54, 1.807) is 0 Å². The molecule has 0 amide bonds. The first kappa shape index (κ1) is 14.1. The largest absolute Gasteiger partial charge is 0.493 e. The van der Waals surface area contributed by atoms with E-state index in [2.05, 4.69) is 39.0 Å². The number of ketones is 1. The lowest BCUT2D eigenvalue weighted by atomic mass is 10.0. The highest BCUT2D eigenvalue weighted by Crippen LogP contribution is 2.29. The quantitative estimate of drug-likeness (QED) is 0.791. The van der Waals surface area contributed by atoms with Crippen LogP contribution in [0, 0.1) is 12.8 Å². The minimum atomic E-state index is 0.243. The highest BCUT2D eigenvalue weighted by molar-refractivity contribution is 5.82. The molecular formula is C17H24O2. The van der Waals surface area contributed by atoms with E-state index in [1.807, 2.05) is 0 Å². The number of hydrogen-bond acceptors (Lipinski definition) is 2. The highest BCUT2D eigenvalue weighted by Gasteiger charge is 2.24. The first-order valence-corrected chi connectivity index (χ1v) is 7.34. The van der Waals surface area contributed by atoms with Gasteiger partial charge in [-0.15, -0.1) is 0 Å². The number of aryl methyl sites for hydroxylation is 1. The molecule has 104 valence electrons. The number of ether oxygens (including phenoxy) is 1. The molecule has 19 heavy (non-hydrogen) atoms. The van der Waals surface area contributed by atoms with Crippen LogP contribution in [0.1, 0.15) is 56.6 Å². The van der Waals surface area contributed by atoms with Gasteiger partial charge in [0, 0.05) is 12.3 Å². The standard InChI is InChI=1S/C17H24O2/c1-12(2)15-8-7-13(3)11-17(15)19-10-9-14-5-4-6-16(14)18/h7-8,11-12,14H,4-6,9-10H2,1-3H3. The zero-order valence-electron chi connectivity index (χ0n) is 12.2. The van der Waals surface area contributed by atoms with Gasteiger partial charge in [0.2, 0.25) is 0 Å². The van der Waals surface area contributed by atoms with Crippen molar-refractivity contribution in [2.75, 3.05) is 6.61 Å². The van der Waals surface area contributed by atoms with Gasteiger partial charge in [0.25, 0.3) is 0 Å². The molecule has 2 heteroatoms. The van der Waals surface area contributed by atoms with Crippen LogP contribution in [-0.2, 0) is 4.79 Å². The number of benzene rings is 1. The molecule has 0 spiro atoms. The Balaban J connectivity index is 1.95. The van der Waals surface area contributed by atoms with Crippen molar-refractivity contribution in [3.8, 4) is 5.75 Å². The van der Waals surface area contributed by atoms with Crippen LogP contribution in [0.15, 0.2) is 18.2 Å². The van der Waals surface area contributed by atoms with E-state index in [4.69, 9.17) is 4.74 Å². The molecule has 2 nitrogen and oxygen atoms in total. The van der Waals surface area contributed by atoms with Gasteiger partial charge in [0.15, 0.2) is 0 Å². The average molecular weight is 260 g/mol. The predicted octanol–water partition coefficient (Wildman–Crippen LogP) is 4.26. The van der Waals surface area contributed by atoms with Crippen LogP contribution >= 0.6 is 0 Å². The van der Waals surface area contributed by atoms with Crippen molar-refractivity contribution in [1.82, 2.24) is 0 Å². The smallest absolute Gasteiger partial charge is 0.136 e. The molecule has 0 radical (unpaired) electrons. The molecule has 1 aliphatic carbocycles. The second-order valence-corrected chi connectivity index (χ2v) is 5.89. The molecule has 1 fully saturated rings. The summed E-state index contributed by atoms with van der Waals surface area (Å²) in [5.74, 6) is 2.12. The van der Waals surface area contributed by atoms with E-state index in [0.717, 1.165) is 31.4 Å². The lowest BCUT2D eigenvalue weighted by molar-refractivity contribution is -0.121. The summed E-state index contributed by atoms with van der Waals surface area (Å²) in [5.41, 5.74) is 2.47. The van der Waals surface area contributed by atoms with Crippen molar-refractivity contribution in [3.63, 3.8) is 0 Å². The molecular weight excluding hydrogens is 236 g/mol. The molecule has 1 aromatic rings. The Hall–Kier alpha value is -1.31. The molecule has 0 bridgehead atoms. The van der Waals surface area contributed by atoms with E-state index in [0.29, 0.717) is 18.3 Å².